The zero-order valence-corrected chi connectivity index (χ0v) is 18.9. The van der Waals surface area contributed by atoms with Crippen molar-refractivity contribution >= 4 is 17.8 Å². The maximum atomic E-state index is 5.59. The van der Waals surface area contributed by atoms with Crippen molar-refractivity contribution in [2.45, 2.75) is 82.7 Å². The normalized spacial score (nSPS) is 18.5. The molecule has 176 valence electrons. The van der Waals surface area contributed by atoms with E-state index in [0.29, 0.717) is 69.4 Å². The molecule has 0 unspecified atom stereocenters. The topological polar surface area (TPSA) is 119 Å². The average Bonchev–Trinajstić information content (AvgIpc) is 3.25. The van der Waals surface area contributed by atoms with Crippen molar-refractivity contribution < 1.29 is 9.47 Å². The summed E-state index contributed by atoms with van der Waals surface area (Å²) in [5, 5.41) is 10.4. The molecule has 0 atom stereocenters. The molecule has 0 radical (unpaired) electrons. The van der Waals surface area contributed by atoms with Crippen molar-refractivity contribution in [3.05, 3.63) is 0 Å². The molecule has 0 aliphatic heterocycles. The summed E-state index contributed by atoms with van der Waals surface area (Å²) in [7, 11) is 0. The molecule has 9 nitrogen and oxygen atoms in total. The highest BCUT2D eigenvalue weighted by atomic mass is 16.5. The Labute approximate surface area is 186 Å². The maximum Gasteiger partial charge on any atom is 0.229 e. The minimum absolute atomic E-state index is 0.437. The average molecular weight is 436 g/mol. The van der Waals surface area contributed by atoms with Gasteiger partial charge in [0.25, 0.3) is 0 Å². The third-order valence-corrected chi connectivity index (χ3v) is 5.93. The van der Waals surface area contributed by atoms with Crippen molar-refractivity contribution in [1.29, 1.82) is 0 Å². The predicted molar refractivity (Wildman–Crippen MR) is 125 cm³/mol. The molecule has 3 rings (SSSR count). The van der Waals surface area contributed by atoms with E-state index in [2.05, 4.69) is 30.9 Å². The fourth-order valence-corrected chi connectivity index (χ4v) is 4.26. The summed E-state index contributed by atoms with van der Waals surface area (Å²) in [4.78, 5) is 13.9. The lowest BCUT2D eigenvalue weighted by Gasteiger charge is -2.22. The lowest BCUT2D eigenvalue weighted by Crippen LogP contribution is -2.24. The molecule has 2 fully saturated rings. The molecule has 1 heterocycles. The minimum Gasteiger partial charge on any atom is -0.378 e. The Morgan fingerprint density at radius 2 is 1.13 bits per heavy atom. The monoisotopic (exact) mass is 435 g/mol. The SMILES string of the molecule is NCCOCCOCCNc1nc(NC2CCCCCCC2)nc(NC2CCCC2)n1. The molecule has 9 heteroatoms. The number of nitrogens with two attached hydrogens (primary N) is 1. The highest BCUT2D eigenvalue weighted by molar-refractivity contribution is 5.43. The Morgan fingerprint density at radius 1 is 0.645 bits per heavy atom. The molecule has 2 aliphatic rings. The second kappa shape index (κ2) is 14.4. The zero-order valence-electron chi connectivity index (χ0n) is 18.9. The number of anilines is 3. The summed E-state index contributed by atoms with van der Waals surface area (Å²) in [6.07, 6.45) is 13.8. The van der Waals surface area contributed by atoms with Crippen LogP contribution in [0.2, 0.25) is 0 Å². The summed E-state index contributed by atoms with van der Waals surface area (Å²) >= 11 is 0. The van der Waals surface area contributed by atoms with Crippen molar-refractivity contribution in [1.82, 2.24) is 15.0 Å². The van der Waals surface area contributed by atoms with Crippen LogP contribution < -0.4 is 21.7 Å². The van der Waals surface area contributed by atoms with Crippen LogP contribution in [-0.4, -0.2) is 66.6 Å². The van der Waals surface area contributed by atoms with E-state index >= 15 is 0 Å². The van der Waals surface area contributed by atoms with Gasteiger partial charge in [-0.15, -0.1) is 0 Å². The molecule has 31 heavy (non-hydrogen) atoms. The van der Waals surface area contributed by atoms with E-state index in [1.807, 2.05) is 0 Å². The van der Waals surface area contributed by atoms with Crippen molar-refractivity contribution in [2.75, 3.05) is 55.5 Å². The van der Waals surface area contributed by atoms with Gasteiger partial charge in [-0.2, -0.15) is 15.0 Å². The van der Waals surface area contributed by atoms with E-state index in [-0.39, 0.29) is 0 Å². The Bertz CT molecular complexity index is 606. The first-order valence-electron chi connectivity index (χ1n) is 12.2. The number of rotatable bonds is 13. The smallest absolute Gasteiger partial charge is 0.229 e. The summed E-state index contributed by atoms with van der Waals surface area (Å²) in [5.74, 6) is 1.92. The van der Waals surface area contributed by atoms with Gasteiger partial charge in [0.15, 0.2) is 0 Å². The first kappa shape index (κ1) is 23.9. The Kier molecular flexibility index (Phi) is 11.1. The van der Waals surface area contributed by atoms with Crippen LogP contribution in [0.15, 0.2) is 0 Å². The molecule has 0 bridgehead atoms. The van der Waals surface area contributed by atoms with Gasteiger partial charge in [-0.05, 0) is 25.7 Å². The van der Waals surface area contributed by atoms with Crippen LogP contribution in [0.25, 0.3) is 0 Å². The van der Waals surface area contributed by atoms with Crippen LogP contribution in [-0.2, 0) is 9.47 Å². The highest BCUT2D eigenvalue weighted by Gasteiger charge is 2.18. The number of nitrogens with one attached hydrogen (secondary N) is 3. The summed E-state index contributed by atoms with van der Waals surface area (Å²) < 4.78 is 10.9. The lowest BCUT2D eigenvalue weighted by molar-refractivity contribution is 0.0547. The fourth-order valence-electron chi connectivity index (χ4n) is 4.26. The first-order chi connectivity index (χ1) is 15.3. The van der Waals surface area contributed by atoms with Gasteiger partial charge in [-0.1, -0.05) is 44.9 Å². The van der Waals surface area contributed by atoms with Gasteiger partial charge >= 0.3 is 0 Å². The number of hydrogen-bond acceptors (Lipinski definition) is 9. The van der Waals surface area contributed by atoms with Crippen LogP contribution in [0.4, 0.5) is 17.8 Å². The van der Waals surface area contributed by atoms with Crippen LogP contribution in [0.1, 0.15) is 70.6 Å². The Hall–Kier alpha value is -1.71. The molecule has 1 aromatic heterocycles. The molecule has 2 aliphatic carbocycles. The highest BCUT2D eigenvalue weighted by Crippen LogP contribution is 2.23. The van der Waals surface area contributed by atoms with E-state index in [1.54, 1.807) is 0 Å². The van der Waals surface area contributed by atoms with Crippen LogP contribution in [0.3, 0.4) is 0 Å². The molecule has 0 amide bonds. The van der Waals surface area contributed by atoms with Gasteiger partial charge in [-0.25, -0.2) is 0 Å². The van der Waals surface area contributed by atoms with Gasteiger partial charge in [0, 0.05) is 25.2 Å². The number of aromatic nitrogens is 3. The van der Waals surface area contributed by atoms with E-state index < -0.39 is 0 Å². The zero-order chi connectivity index (χ0) is 21.6. The fraction of sp³-hybridized carbons (Fsp3) is 0.864. The number of hydrogen-bond donors (Lipinski definition) is 4. The van der Waals surface area contributed by atoms with Crippen LogP contribution >= 0.6 is 0 Å². The number of ether oxygens (including phenoxy) is 2. The van der Waals surface area contributed by atoms with Crippen LogP contribution in [0.5, 0.6) is 0 Å². The quantitative estimate of drug-likeness (QED) is 0.346. The van der Waals surface area contributed by atoms with E-state index in [9.17, 15) is 0 Å². The van der Waals surface area contributed by atoms with Gasteiger partial charge < -0.3 is 31.2 Å². The van der Waals surface area contributed by atoms with E-state index in [1.165, 1.54) is 70.6 Å². The lowest BCUT2D eigenvalue weighted by atomic mass is 9.97. The van der Waals surface area contributed by atoms with Gasteiger partial charge in [0.1, 0.15) is 0 Å². The van der Waals surface area contributed by atoms with Gasteiger partial charge in [-0.3, -0.25) is 0 Å². The largest absolute Gasteiger partial charge is 0.378 e. The molecular formula is C22H41N7O2. The third-order valence-electron chi connectivity index (χ3n) is 5.93. The molecule has 0 aromatic carbocycles. The standard InChI is InChI=1S/C22H41N7O2/c23-12-14-30-16-17-31-15-13-24-20-27-21(25-18-8-4-2-1-3-5-9-18)29-22(28-20)26-19-10-6-7-11-19/h18-19H,1-17,23H2,(H3,24,25,26,27,28,29). The number of nitrogens with zero attached hydrogens (tertiary/aromatic N) is 3. The predicted octanol–water partition coefficient (Wildman–Crippen LogP) is 3.15. The summed E-state index contributed by atoms with van der Waals surface area (Å²) in [5.41, 5.74) is 5.40. The van der Waals surface area contributed by atoms with E-state index in [4.69, 9.17) is 15.2 Å². The Morgan fingerprint density at radius 3 is 1.71 bits per heavy atom. The van der Waals surface area contributed by atoms with Crippen LogP contribution in [0, 0.1) is 0 Å². The third kappa shape index (κ3) is 9.53. The minimum atomic E-state index is 0.437. The maximum absolute atomic E-state index is 5.59. The second-order valence-corrected chi connectivity index (χ2v) is 8.56. The molecule has 0 spiro atoms. The summed E-state index contributed by atoms with van der Waals surface area (Å²) in [6.45, 7) is 3.42. The van der Waals surface area contributed by atoms with Gasteiger partial charge in [0.05, 0.1) is 26.4 Å². The molecule has 1 aromatic rings. The van der Waals surface area contributed by atoms with Gasteiger partial charge in [0.2, 0.25) is 17.8 Å². The summed E-state index contributed by atoms with van der Waals surface area (Å²) in [6, 6.07) is 0.896. The molecule has 0 saturated heterocycles. The molecule has 5 N–H and O–H groups in total. The van der Waals surface area contributed by atoms with Crippen molar-refractivity contribution in [3.8, 4) is 0 Å². The van der Waals surface area contributed by atoms with Crippen molar-refractivity contribution in [2.24, 2.45) is 5.73 Å². The van der Waals surface area contributed by atoms with E-state index in [0.717, 1.165) is 0 Å². The first-order valence-corrected chi connectivity index (χ1v) is 12.2. The van der Waals surface area contributed by atoms with Crippen molar-refractivity contribution in [3.63, 3.8) is 0 Å². The second-order valence-electron chi connectivity index (χ2n) is 8.56. The molecule has 2 saturated carbocycles. The molecular weight excluding hydrogens is 394 g/mol. The Balaban J connectivity index is 1.52.